The number of aryl methyl sites for hydroxylation is 1. The molecule has 0 N–H and O–H groups in total. The molecule has 0 heterocycles. The summed E-state index contributed by atoms with van der Waals surface area (Å²) in [6.45, 7) is 6.14. The van der Waals surface area contributed by atoms with Gasteiger partial charge in [0, 0.05) is 22.6 Å². The number of halogens is 2. The molecular formula is C18H19BrClNO2S. The summed E-state index contributed by atoms with van der Waals surface area (Å²) in [6.07, 6.45) is 0.403. The highest BCUT2D eigenvalue weighted by Crippen LogP contribution is 2.22. The van der Waals surface area contributed by atoms with Crippen LogP contribution in [0.2, 0.25) is 0 Å². The second-order valence-corrected chi connectivity index (χ2v) is 8.94. The summed E-state index contributed by atoms with van der Waals surface area (Å²) in [6, 6.07) is 14.5. The molecule has 0 aliphatic carbocycles. The SMILES string of the molecule is C=C(Cl)CCN(Cc1cccc(Br)c1)S(=O)(=O)c1ccc(C)cc1. The van der Waals surface area contributed by atoms with Crippen molar-refractivity contribution in [2.75, 3.05) is 6.54 Å². The number of sulfonamides is 1. The lowest BCUT2D eigenvalue weighted by molar-refractivity contribution is 0.411. The molecule has 0 spiro atoms. The minimum absolute atomic E-state index is 0.278. The summed E-state index contributed by atoms with van der Waals surface area (Å²) in [4.78, 5) is 0.281. The molecule has 24 heavy (non-hydrogen) atoms. The number of rotatable bonds is 7. The van der Waals surface area contributed by atoms with Gasteiger partial charge in [0.1, 0.15) is 0 Å². The Kier molecular flexibility index (Phi) is 6.63. The van der Waals surface area contributed by atoms with E-state index in [2.05, 4.69) is 22.5 Å². The smallest absolute Gasteiger partial charge is 0.207 e. The van der Waals surface area contributed by atoms with Crippen LogP contribution in [0.4, 0.5) is 0 Å². The highest BCUT2D eigenvalue weighted by Gasteiger charge is 2.24. The number of nitrogens with zero attached hydrogens (tertiary/aromatic N) is 1. The minimum Gasteiger partial charge on any atom is -0.207 e. The third-order valence-electron chi connectivity index (χ3n) is 3.54. The Morgan fingerprint density at radius 1 is 1.21 bits per heavy atom. The highest BCUT2D eigenvalue weighted by atomic mass is 79.9. The van der Waals surface area contributed by atoms with Gasteiger partial charge in [0.05, 0.1) is 4.90 Å². The Labute approximate surface area is 157 Å². The van der Waals surface area contributed by atoms with E-state index in [0.717, 1.165) is 15.6 Å². The van der Waals surface area contributed by atoms with Crippen molar-refractivity contribution in [3.05, 3.63) is 75.7 Å². The number of benzene rings is 2. The van der Waals surface area contributed by atoms with Crippen LogP contribution in [0.1, 0.15) is 17.5 Å². The maximum absolute atomic E-state index is 13.0. The second kappa shape index (κ2) is 8.30. The van der Waals surface area contributed by atoms with Gasteiger partial charge in [0.15, 0.2) is 0 Å². The first-order valence-electron chi connectivity index (χ1n) is 7.43. The van der Waals surface area contributed by atoms with E-state index >= 15 is 0 Å². The molecule has 0 aliphatic rings. The monoisotopic (exact) mass is 427 g/mol. The Hall–Kier alpha value is -1.14. The fraction of sp³-hybridized carbons (Fsp3) is 0.222. The summed E-state index contributed by atoms with van der Waals surface area (Å²) < 4.78 is 28.3. The molecule has 0 fully saturated rings. The molecule has 0 saturated carbocycles. The Morgan fingerprint density at radius 3 is 2.46 bits per heavy atom. The standard InChI is InChI=1S/C18H19BrClNO2S/c1-14-6-8-18(9-7-14)24(22,23)21(11-10-15(2)20)13-16-4-3-5-17(19)12-16/h3-9,12H,2,10-11,13H2,1H3. The molecular weight excluding hydrogens is 410 g/mol. The van der Waals surface area contributed by atoms with Crippen molar-refractivity contribution in [3.63, 3.8) is 0 Å². The molecule has 0 saturated heterocycles. The van der Waals surface area contributed by atoms with Gasteiger partial charge in [-0.1, -0.05) is 63.9 Å². The maximum Gasteiger partial charge on any atom is 0.243 e. The molecule has 6 heteroatoms. The summed E-state index contributed by atoms with van der Waals surface area (Å²) in [5.74, 6) is 0. The minimum atomic E-state index is -3.61. The van der Waals surface area contributed by atoms with Crippen molar-refractivity contribution in [2.24, 2.45) is 0 Å². The first-order chi connectivity index (χ1) is 11.3. The number of hydrogen-bond donors (Lipinski definition) is 0. The molecule has 128 valence electrons. The van der Waals surface area contributed by atoms with Crippen LogP contribution in [-0.4, -0.2) is 19.3 Å². The predicted molar refractivity (Wildman–Crippen MR) is 103 cm³/mol. The van der Waals surface area contributed by atoms with Crippen molar-refractivity contribution in [3.8, 4) is 0 Å². The predicted octanol–water partition coefficient (Wildman–Crippen LogP) is 5.09. The van der Waals surface area contributed by atoms with E-state index in [1.54, 1.807) is 24.3 Å². The van der Waals surface area contributed by atoms with E-state index in [1.165, 1.54) is 4.31 Å². The van der Waals surface area contributed by atoms with Gasteiger partial charge in [-0.05, 0) is 43.2 Å². The highest BCUT2D eigenvalue weighted by molar-refractivity contribution is 9.10. The summed E-state index contributed by atoms with van der Waals surface area (Å²) in [5, 5.41) is 0.438. The van der Waals surface area contributed by atoms with Crippen LogP contribution >= 0.6 is 27.5 Å². The normalized spacial score (nSPS) is 11.7. The topological polar surface area (TPSA) is 37.4 Å². The molecule has 0 amide bonds. The summed E-state index contributed by atoms with van der Waals surface area (Å²) in [7, 11) is -3.61. The lowest BCUT2D eigenvalue weighted by atomic mass is 10.2. The Balaban J connectivity index is 2.33. The van der Waals surface area contributed by atoms with E-state index in [-0.39, 0.29) is 18.0 Å². The zero-order valence-electron chi connectivity index (χ0n) is 13.4. The first-order valence-corrected chi connectivity index (χ1v) is 10.0. The average Bonchev–Trinajstić information content (AvgIpc) is 2.51. The lowest BCUT2D eigenvalue weighted by Crippen LogP contribution is -2.31. The maximum atomic E-state index is 13.0. The van der Waals surface area contributed by atoms with Crippen LogP contribution in [0.15, 0.2) is 69.5 Å². The van der Waals surface area contributed by atoms with E-state index in [9.17, 15) is 8.42 Å². The lowest BCUT2D eigenvalue weighted by Gasteiger charge is -2.22. The largest absolute Gasteiger partial charge is 0.243 e. The van der Waals surface area contributed by atoms with E-state index in [1.807, 2.05) is 31.2 Å². The molecule has 2 aromatic carbocycles. The van der Waals surface area contributed by atoms with Crippen LogP contribution in [0.25, 0.3) is 0 Å². The molecule has 0 unspecified atom stereocenters. The van der Waals surface area contributed by atoms with Gasteiger partial charge >= 0.3 is 0 Å². The molecule has 0 atom stereocenters. The molecule has 2 aromatic rings. The van der Waals surface area contributed by atoms with Gasteiger partial charge in [0.25, 0.3) is 0 Å². The fourth-order valence-corrected chi connectivity index (χ4v) is 4.19. The zero-order chi connectivity index (χ0) is 17.7. The van der Waals surface area contributed by atoms with Crippen molar-refractivity contribution in [1.29, 1.82) is 0 Å². The molecule has 0 aliphatic heterocycles. The third-order valence-corrected chi connectivity index (χ3v) is 6.08. The summed E-state index contributed by atoms with van der Waals surface area (Å²) >= 11 is 9.26. The number of hydrogen-bond acceptors (Lipinski definition) is 2. The van der Waals surface area contributed by atoms with Gasteiger partial charge in [0.2, 0.25) is 10.0 Å². The average molecular weight is 429 g/mol. The van der Waals surface area contributed by atoms with Crippen molar-refractivity contribution >= 4 is 37.6 Å². The first kappa shape index (κ1) is 19.2. The van der Waals surface area contributed by atoms with Crippen molar-refractivity contribution in [2.45, 2.75) is 24.8 Å². The van der Waals surface area contributed by atoms with Gasteiger partial charge < -0.3 is 0 Å². The Bertz CT molecular complexity index is 819. The van der Waals surface area contributed by atoms with Crippen molar-refractivity contribution < 1.29 is 8.42 Å². The van der Waals surface area contributed by atoms with Gasteiger partial charge in [-0.2, -0.15) is 4.31 Å². The molecule has 2 rings (SSSR count). The van der Waals surface area contributed by atoms with Gasteiger partial charge in [-0.3, -0.25) is 0 Å². The van der Waals surface area contributed by atoms with Crippen LogP contribution in [0.3, 0.4) is 0 Å². The van der Waals surface area contributed by atoms with Crippen LogP contribution in [-0.2, 0) is 16.6 Å². The quantitative estimate of drug-likeness (QED) is 0.616. The van der Waals surface area contributed by atoms with Gasteiger partial charge in [-0.15, -0.1) is 0 Å². The second-order valence-electron chi connectivity index (χ2n) is 5.55. The molecule has 3 nitrogen and oxygen atoms in total. The van der Waals surface area contributed by atoms with Crippen molar-refractivity contribution in [1.82, 2.24) is 4.31 Å². The third kappa shape index (κ3) is 5.18. The summed E-state index contributed by atoms with van der Waals surface area (Å²) in [5.41, 5.74) is 1.92. The molecule has 0 radical (unpaired) electrons. The van der Waals surface area contributed by atoms with E-state index < -0.39 is 10.0 Å². The fourth-order valence-electron chi connectivity index (χ4n) is 2.23. The zero-order valence-corrected chi connectivity index (χ0v) is 16.5. The van der Waals surface area contributed by atoms with E-state index in [4.69, 9.17) is 11.6 Å². The molecule has 0 bridgehead atoms. The van der Waals surface area contributed by atoms with Crippen LogP contribution in [0.5, 0.6) is 0 Å². The van der Waals surface area contributed by atoms with Crippen LogP contribution in [0, 0.1) is 6.92 Å². The van der Waals surface area contributed by atoms with Gasteiger partial charge in [-0.25, -0.2) is 8.42 Å². The van der Waals surface area contributed by atoms with E-state index in [0.29, 0.717) is 11.5 Å². The Morgan fingerprint density at radius 2 is 1.88 bits per heavy atom. The molecule has 0 aromatic heterocycles. The van der Waals surface area contributed by atoms with Crippen LogP contribution < -0.4 is 0 Å².